The second kappa shape index (κ2) is 9.46. The molecule has 0 aromatic heterocycles. The Morgan fingerprint density at radius 2 is 1.78 bits per heavy atom. The molecular formula is C21H24N2O3S. The van der Waals surface area contributed by atoms with Crippen molar-refractivity contribution in [2.75, 3.05) is 31.3 Å². The van der Waals surface area contributed by atoms with Gasteiger partial charge in [0.15, 0.2) is 0 Å². The summed E-state index contributed by atoms with van der Waals surface area (Å²) in [5.74, 6) is 1.79. The standard InChI is InChI=1S/C21H24N2O3S/c1-26-17-10-8-16(9-11-17)14-27-15-20(24)22-19-7-3-2-6-18(19)21(25)23-12-4-5-13-23/h2-3,6-11H,4-5,12-15H2,1H3,(H,22,24). The molecule has 6 heteroatoms. The molecule has 0 aliphatic carbocycles. The average Bonchev–Trinajstić information content (AvgIpc) is 3.23. The van der Waals surface area contributed by atoms with Crippen LogP contribution in [0.25, 0.3) is 0 Å². The number of para-hydroxylation sites is 1. The molecule has 0 saturated carbocycles. The maximum atomic E-state index is 12.7. The largest absolute Gasteiger partial charge is 0.497 e. The van der Waals surface area contributed by atoms with Crippen LogP contribution in [0.1, 0.15) is 28.8 Å². The minimum Gasteiger partial charge on any atom is -0.497 e. The van der Waals surface area contributed by atoms with E-state index in [0.717, 1.165) is 43.0 Å². The number of hydrogen-bond donors (Lipinski definition) is 1. The maximum absolute atomic E-state index is 12.7. The van der Waals surface area contributed by atoms with E-state index in [1.807, 2.05) is 41.3 Å². The molecule has 3 rings (SSSR count). The van der Waals surface area contributed by atoms with Crippen molar-refractivity contribution in [1.82, 2.24) is 4.90 Å². The first kappa shape index (κ1) is 19.3. The van der Waals surface area contributed by atoms with Gasteiger partial charge in [-0.2, -0.15) is 0 Å². The predicted octanol–water partition coefficient (Wildman–Crippen LogP) is 3.80. The van der Waals surface area contributed by atoms with Crippen molar-refractivity contribution < 1.29 is 14.3 Å². The molecule has 0 unspecified atom stereocenters. The molecule has 2 amide bonds. The smallest absolute Gasteiger partial charge is 0.255 e. The molecule has 0 radical (unpaired) electrons. The lowest BCUT2D eigenvalue weighted by atomic mass is 10.1. The zero-order valence-corrected chi connectivity index (χ0v) is 16.3. The van der Waals surface area contributed by atoms with E-state index in [-0.39, 0.29) is 11.8 Å². The maximum Gasteiger partial charge on any atom is 0.255 e. The zero-order chi connectivity index (χ0) is 19.1. The SMILES string of the molecule is COc1ccc(CSCC(=O)Nc2ccccc2C(=O)N2CCCC2)cc1. The second-order valence-corrected chi connectivity index (χ2v) is 7.42. The topological polar surface area (TPSA) is 58.6 Å². The first-order chi connectivity index (χ1) is 13.2. The van der Waals surface area contributed by atoms with E-state index in [1.54, 1.807) is 19.2 Å². The van der Waals surface area contributed by atoms with Gasteiger partial charge in [0.2, 0.25) is 5.91 Å². The Bertz CT molecular complexity index is 786. The third-order valence-electron chi connectivity index (χ3n) is 4.49. The number of anilines is 1. The van der Waals surface area contributed by atoms with Crippen molar-refractivity contribution in [1.29, 1.82) is 0 Å². The van der Waals surface area contributed by atoms with Gasteiger partial charge in [0.1, 0.15) is 5.75 Å². The van der Waals surface area contributed by atoms with E-state index in [9.17, 15) is 9.59 Å². The van der Waals surface area contributed by atoms with Crippen LogP contribution in [0.15, 0.2) is 48.5 Å². The summed E-state index contributed by atoms with van der Waals surface area (Å²) in [7, 11) is 1.64. The minimum atomic E-state index is -0.102. The average molecular weight is 385 g/mol. The fourth-order valence-electron chi connectivity index (χ4n) is 3.04. The van der Waals surface area contributed by atoms with Gasteiger partial charge in [-0.1, -0.05) is 24.3 Å². The molecule has 2 aromatic rings. The summed E-state index contributed by atoms with van der Waals surface area (Å²) in [4.78, 5) is 26.8. The Morgan fingerprint density at radius 3 is 2.48 bits per heavy atom. The summed E-state index contributed by atoms with van der Waals surface area (Å²) in [5.41, 5.74) is 2.29. The van der Waals surface area contributed by atoms with Crippen molar-refractivity contribution in [3.8, 4) is 5.75 Å². The number of rotatable bonds is 7. The van der Waals surface area contributed by atoms with E-state index in [2.05, 4.69) is 5.32 Å². The molecular weight excluding hydrogens is 360 g/mol. The lowest BCUT2D eigenvalue weighted by molar-refractivity contribution is -0.113. The summed E-state index contributed by atoms with van der Waals surface area (Å²) < 4.78 is 5.14. The van der Waals surface area contributed by atoms with Gasteiger partial charge < -0.3 is 15.0 Å². The first-order valence-corrected chi connectivity index (χ1v) is 10.2. The molecule has 0 bridgehead atoms. The predicted molar refractivity (Wildman–Crippen MR) is 109 cm³/mol. The number of methoxy groups -OCH3 is 1. The molecule has 0 atom stereocenters. The van der Waals surface area contributed by atoms with Crippen LogP contribution in [0.2, 0.25) is 0 Å². The number of hydrogen-bond acceptors (Lipinski definition) is 4. The Labute approximate surface area is 164 Å². The van der Waals surface area contributed by atoms with E-state index < -0.39 is 0 Å². The molecule has 5 nitrogen and oxygen atoms in total. The van der Waals surface area contributed by atoms with Gasteiger partial charge in [0.05, 0.1) is 24.1 Å². The molecule has 1 fully saturated rings. The van der Waals surface area contributed by atoms with Gasteiger partial charge >= 0.3 is 0 Å². The van der Waals surface area contributed by atoms with Crippen LogP contribution in [0.4, 0.5) is 5.69 Å². The number of ether oxygens (including phenoxy) is 1. The van der Waals surface area contributed by atoms with Crippen molar-refractivity contribution >= 4 is 29.3 Å². The van der Waals surface area contributed by atoms with Crippen LogP contribution >= 0.6 is 11.8 Å². The molecule has 0 spiro atoms. The highest BCUT2D eigenvalue weighted by Crippen LogP contribution is 2.21. The Balaban J connectivity index is 1.53. The van der Waals surface area contributed by atoms with Gasteiger partial charge in [-0.3, -0.25) is 9.59 Å². The van der Waals surface area contributed by atoms with Crippen molar-refractivity contribution in [3.63, 3.8) is 0 Å². The van der Waals surface area contributed by atoms with Crippen molar-refractivity contribution in [2.45, 2.75) is 18.6 Å². The zero-order valence-electron chi connectivity index (χ0n) is 15.4. The van der Waals surface area contributed by atoms with Crippen molar-refractivity contribution in [3.05, 3.63) is 59.7 Å². The van der Waals surface area contributed by atoms with Crippen LogP contribution in [0.3, 0.4) is 0 Å². The third-order valence-corrected chi connectivity index (χ3v) is 5.49. The normalized spacial score (nSPS) is 13.4. The highest BCUT2D eigenvalue weighted by atomic mass is 32.2. The van der Waals surface area contributed by atoms with Crippen LogP contribution in [0.5, 0.6) is 5.75 Å². The number of nitrogens with zero attached hydrogens (tertiary/aromatic N) is 1. The fourth-order valence-corrected chi connectivity index (χ4v) is 3.83. The molecule has 142 valence electrons. The van der Waals surface area contributed by atoms with E-state index in [0.29, 0.717) is 17.0 Å². The third kappa shape index (κ3) is 5.26. The van der Waals surface area contributed by atoms with Crippen LogP contribution < -0.4 is 10.1 Å². The summed E-state index contributed by atoms with van der Waals surface area (Å²) >= 11 is 1.54. The summed E-state index contributed by atoms with van der Waals surface area (Å²) in [5, 5.41) is 2.89. The molecule has 1 aliphatic rings. The number of likely N-dealkylation sites (tertiary alicyclic amines) is 1. The number of carbonyl (C=O) groups excluding carboxylic acids is 2. The summed E-state index contributed by atoms with van der Waals surface area (Å²) in [6.07, 6.45) is 2.09. The Kier molecular flexibility index (Phi) is 6.76. The first-order valence-electron chi connectivity index (χ1n) is 9.06. The molecule has 1 heterocycles. The molecule has 1 N–H and O–H groups in total. The number of benzene rings is 2. The van der Waals surface area contributed by atoms with Crippen LogP contribution in [0, 0.1) is 0 Å². The molecule has 1 saturated heterocycles. The number of nitrogens with one attached hydrogen (secondary N) is 1. The van der Waals surface area contributed by atoms with Crippen LogP contribution in [-0.2, 0) is 10.5 Å². The second-order valence-electron chi connectivity index (χ2n) is 6.43. The number of amides is 2. The van der Waals surface area contributed by atoms with Gasteiger partial charge in [0, 0.05) is 18.8 Å². The Morgan fingerprint density at radius 1 is 1.07 bits per heavy atom. The van der Waals surface area contributed by atoms with Gasteiger partial charge in [-0.25, -0.2) is 0 Å². The van der Waals surface area contributed by atoms with Gasteiger partial charge in [0.25, 0.3) is 5.91 Å². The number of carbonyl (C=O) groups is 2. The Hall–Kier alpha value is -2.47. The van der Waals surface area contributed by atoms with Gasteiger partial charge in [-0.05, 0) is 42.7 Å². The van der Waals surface area contributed by atoms with Crippen LogP contribution in [-0.4, -0.2) is 42.7 Å². The van der Waals surface area contributed by atoms with Crippen molar-refractivity contribution in [2.24, 2.45) is 0 Å². The molecule has 2 aromatic carbocycles. The van der Waals surface area contributed by atoms with E-state index in [4.69, 9.17) is 4.74 Å². The lowest BCUT2D eigenvalue weighted by Crippen LogP contribution is -2.29. The highest BCUT2D eigenvalue weighted by Gasteiger charge is 2.22. The minimum absolute atomic E-state index is 0.00529. The highest BCUT2D eigenvalue weighted by molar-refractivity contribution is 7.99. The summed E-state index contributed by atoms with van der Waals surface area (Å²) in [6.45, 7) is 1.58. The van der Waals surface area contributed by atoms with E-state index >= 15 is 0 Å². The summed E-state index contributed by atoms with van der Waals surface area (Å²) in [6, 6.07) is 15.0. The molecule has 1 aliphatic heterocycles. The number of thioether (sulfide) groups is 1. The fraction of sp³-hybridized carbons (Fsp3) is 0.333. The van der Waals surface area contributed by atoms with Gasteiger partial charge in [-0.15, -0.1) is 11.8 Å². The monoisotopic (exact) mass is 384 g/mol. The quantitative estimate of drug-likeness (QED) is 0.789. The lowest BCUT2D eigenvalue weighted by Gasteiger charge is -2.18. The molecule has 27 heavy (non-hydrogen) atoms. The van der Waals surface area contributed by atoms with E-state index in [1.165, 1.54) is 11.8 Å².